The number of rotatable bonds is 8. The molecule has 1 unspecified atom stereocenters. The van der Waals surface area contributed by atoms with Crippen LogP contribution in [0.1, 0.15) is 37.9 Å². The molecule has 1 aromatic rings. The molecule has 1 aromatic carbocycles. The molecule has 1 rings (SSSR count). The summed E-state index contributed by atoms with van der Waals surface area (Å²) in [6.45, 7) is 2.44. The summed E-state index contributed by atoms with van der Waals surface area (Å²) < 4.78 is 13.4. The molecule has 0 radical (unpaired) electrons. The summed E-state index contributed by atoms with van der Waals surface area (Å²) in [6, 6.07) is 5.85. The first-order valence-corrected chi connectivity index (χ1v) is 7.00. The van der Waals surface area contributed by atoms with Crippen molar-refractivity contribution in [3.8, 4) is 0 Å². The highest BCUT2D eigenvalue weighted by atomic mass is 19.1. The van der Waals surface area contributed by atoms with Gasteiger partial charge in [-0.05, 0) is 12.5 Å². The molecule has 0 heterocycles. The molecule has 2 amide bonds. The molecule has 0 aliphatic rings. The number of benzene rings is 1. The summed E-state index contributed by atoms with van der Waals surface area (Å²) in [5.74, 6) is -1.04. The first kappa shape index (κ1) is 17.1. The van der Waals surface area contributed by atoms with E-state index in [9.17, 15) is 19.1 Å². The van der Waals surface area contributed by atoms with Gasteiger partial charge in [0.05, 0.1) is 6.10 Å². The van der Waals surface area contributed by atoms with Gasteiger partial charge in [-0.15, -0.1) is 0 Å². The van der Waals surface area contributed by atoms with E-state index in [1.165, 1.54) is 18.2 Å². The Labute approximate surface area is 123 Å². The highest BCUT2D eigenvalue weighted by Crippen LogP contribution is 2.15. The number of amides is 2. The number of nitrogens with one attached hydrogen (secondary N) is 2. The summed E-state index contributed by atoms with van der Waals surface area (Å²) in [6.07, 6.45) is -0.127. The van der Waals surface area contributed by atoms with Crippen LogP contribution in [0.3, 0.4) is 0 Å². The van der Waals surface area contributed by atoms with Gasteiger partial charge in [-0.1, -0.05) is 25.1 Å². The predicted octanol–water partition coefficient (Wildman–Crippen LogP) is 1.28. The molecule has 0 aliphatic carbocycles. The number of hydrogen-bond donors (Lipinski definition) is 3. The smallest absolute Gasteiger partial charge is 0.220 e. The van der Waals surface area contributed by atoms with Gasteiger partial charge in [-0.2, -0.15) is 0 Å². The van der Waals surface area contributed by atoms with Gasteiger partial charge in [0.2, 0.25) is 11.8 Å². The van der Waals surface area contributed by atoms with Gasteiger partial charge < -0.3 is 15.7 Å². The monoisotopic (exact) mass is 296 g/mol. The summed E-state index contributed by atoms with van der Waals surface area (Å²) in [7, 11) is 0. The largest absolute Gasteiger partial charge is 0.386 e. The lowest BCUT2D eigenvalue weighted by Crippen LogP contribution is -2.30. The van der Waals surface area contributed by atoms with Gasteiger partial charge in [0.25, 0.3) is 0 Å². The molecule has 0 fully saturated rings. The molecule has 21 heavy (non-hydrogen) atoms. The Bertz CT molecular complexity index is 480. The van der Waals surface area contributed by atoms with Crippen LogP contribution >= 0.6 is 0 Å². The number of aliphatic hydroxyl groups is 1. The van der Waals surface area contributed by atoms with E-state index in [1.807, 2.05) is 6.92 Å². The van der Waals surface area contributed by atoms with Crippen LogP contribution in [-0.2, 0) is 9.59 Å². The van der Waals surface area contributed by atoms with Crippen molar-refractivity contribution in [2.45, 2.75) is 32.3 Å². The highest BCUT2D eigenvalue weighted by molar-refractivity contribution is 5.83. The molecule has 0 aliphatic heterocycles. The van der Waals surface area contributed by atoms with E-state index >= 15 is 0 Å². The standard InChI is InChI=1S/C15H21FN2O3/c1-2-9-17-14(20)7-8-15(21)18-10-13(19)11-5-3-4-6-12(11)16/h3-6,13,19H,2,7-10H2,1H3,(H,17,20)(H,18,21). The third-order valence-electron chi connectivity index (χ3n) is 2.91. The molecule has 0 bridgehead atoms. The van der Waals surface area contributed by atoms with Crippen molar-refractivity contribution in [2.24, 2.45) is 0 Å². The highest BCUT2D eigenvalue weighted by Gasteiger charge is 2.13. The molecular formula is C15H21FN2O3. The molecule has 0 saturated carbocycles. The Kier molecular flexibility index (Phi) is 7.39. The van der Waals surface area contributed by atoms with Crippen molar-refractivity contribution >= 4 is 11.8 Å². The van der Waals surface area contributed by atoms with E-state index in [1.54, 1.807) is 6.07 Å². The lowest BCUT2D eigenvalue weighted by Gasteiger charge is -2.13. The fourth-order valence-electron chi connectivity index (χ4n) is 1.73. The summed E-state index contributed by atoms with van der Waals surface area (Å²) in [4.78, 5) is 22.9. The molecule has 5 nitrogen and oxygen atoms in total. The maximum Gasteiger partial charge on any atom is 0.220 e. The Hall–Kier alpha value is -1.95. The number of carbonyl (C=O) groups is 2. The molecule has 0 saturated heterocycles. The predicted molar refractivity (Wildman–Crippen MR) is 76.9 cm³/mol. The molecule has 116 valence electrons. The van der Waals surface area contributed by atoms with Crippen LogP contribution in [0, 0.1) is 5.82 Å². The van der Waals surface area contributed by atoms with E-state index in [2.05, 4.69) is 10.6 Å². The molecule has 0 aromatic heterocycles. The van der Waals surface area contributed by atoms with Crippen LogP contribution in [0.25, 0.3) is 0 Å². The van der Waals surface area contributed by atoms with Crippen LogP contribution < -0.4 is 10.6 Å². The van der Waals surface area contributed by atoms with Crippen LogP contribution in [0.2, 0.25) is 0 Å². The number of hydrogen-bond acceptors (Lipinski definition) is 3. The third-order valence-corrected chi connectivity index (χ3v) is 2.91. The average Bonchev–Trinajstić information content (AvgIpc) is 2.48. The molecule has 6 heteroatoms. The minimum absolute atomic E-state index is 0.0412. The Balaban J connectivity index is 2.30. The zero-order valence-electron chi connectivity index (χ0n) is 12.1. The lowest BCUT2D eigenvalue weighted by molar-refractivity contribution is -0.126. The minimum Gasteiger partial charge on any atom is -0.386 e. The van der Waals surface area contributed by atoms with E-state index in [0.717, 1.165) is 6.42 Å². The van der Waals surface area contributed by atoms with Crippen molar-refractivity contribution < 1.29 is 19.1 Å². The second-order valence-corrected chi connectivity index (χ2v) is 4.69. The zero-order chi connectivity index (χ0) is 15.7. The Morgan fingerprint density at radius 3 is 2.43 bits per heavy atom. The summed E-state index contributed by atoms with van der Waals surface area (Å²) in [5.41, 5.74) is 0.137. The lowest BCUT2D eigenvalue weighted by atomic mass is 10.1. The number of aliphatic hydroxyl groups excluding tert-OH is 1. The van der Waals surface area contributed by atoms with E-state index in [0.29, 0.717) is 6.54 Å². The first-order chi connectivity index (χ1) is 10.0. The van der Waals surface area contributed by atoms with Crippen LogP contribution in [-0.4, -0.2) is 30.0 Å². The third kappa shape index (κ3) is 6.35. The van der Waals surface area contributed by atoms with Gasteiger partial charge in [-0.25, -0.2) is 4.39 Å². The van der Waals surface area contributed by atoms with Gasteiger partial charge in [-0.3, -0.25) is 9.59 Å². The van der Waals surface area contributed by atoms with Crippen molar-refractivity contribution in [3.63, 3.8) is 0 Å². The van der Waals surface area contributed by atoms with Crippen molar-refractivity contribution in [3.05, 3.63) is 35.6 Å². The van der Waals surface area contributed by atoms with Crippen molar-refractivity contribution in [1.29, 1.82) is 0 Å². The summed E-state index contributed by atoms with van der Waals surface area (Å²) in [5, 5.41) is 15.0. The average molecular weight is 296 g/mol. The second kappa shape index (κ2) is 9.07. The van der Waals surface area contributed by atoms with Crippen LogP contribution in [0.4, 0.5) is 4.39 Å². The maximum atomic E-state index is 13.4. The molecule has 1 atom stereocenters. The second-order valence-electron chi connectivity index (χ2n) is 4.69. The SMILES string of the molecule is CCCNC(=O)CCC(=O)NCC(O)c1ccccc1F. The van der Waals surface area contributed by atoms with Crippen LogP contribution in [0.15, 0.2) is 24.3 Å². The molecule has 0 spiro atoms. The quantitative estimate of drug-likeness (QED) is 0.676. The Morgan fingerprint density at radius 1 is 1.19 bits per heavy atom. The summed E-state index contributed by atoms with van der Waals surface area (Å²) >= 11 is 0. The fraction of sp³-hybridized carbons (Fsp3) is 0.467. The topological polar surface area (TPSA) is 78.4 Å². The maximum absolute atomic E-state index is 13.4. The van der Waals surface area contributed by atoms with Gasteiger partial charge in [0, 0.05) is 31.5 Å². The van der Waals surface area contributed by atoms with Crippen LogP contribution in [0.5, 0.6) is 0 Å². The number of halogens is 1. The Morgan fingerprint density at radius 2 is 1.81 bits per heavy atom. The molecule has 3 N–H and O–H groups in total. The van der Waals surface area contributed by atoms with Crippen molar-refractivity contribution in [2.75, 3.05) is 13.1 Å². The van der Waals surface area contributed by atoms with E-state index < -0.39 is 11.9 Å². The van der Waals surface area contributed by atoms with Crippen molar-refractivity contribution in [1.82, 2.24) is 10.6 Å². The van der Waals surface area contributed by atoms with Gasteiger partial charge in [0.1, 0.15) is 5.82 Å². The van der Waals surface area contributed by atoms with Gasteiger partial charge in [0.15, 0.2) is 0 Å². The van der Waals surface area contributed by atoms with E-state index in [-0.39, 0.29) is 36.8 Å². The fourth-order valence-corrected chi connectivity index (χ4v) is 1.73. The zero-order valence-corrected chi connectivity index (χ0v) is 12.1. The minimum atomic E-state index is -1.11. The van der Waals surface area contributed by atoms with Gasteiger partial charge >= 0.3 is 0 Å². The molecular weight excluding hydrogens is 275 g/mol. The van der Waals surface area contributed by atoms with E-state index in [4.69, 9.17) is 0 Å². The normalized spacial score (nSPS) is 11.8. The first-order valence-electron chi connectivity index (χ1n) is 7.00. The number of carbonyl (C=O) groups excluding carboxylic acids is 2.